The van der Waals surface area contributed by atoms with Crippen molar-refractivity contribution in [3.63, 3.8) is 0 Å². The molecule has 0 aromatic rings. The second-order valence-corrected chi connectivity index (χ2v) is 3.53. The van der Waals surface area contributed by atoms with Crippen molar-refractivity contribution >= 4 is 0 Å². The van der Waals surface area contributed by atoms with E-state index >= 15 is 0 Å². The fourth-order valence-corrected chi connectivity index (χ4v) is 1.40. The Labute approximate surface area is 73.5 Å². The molecule has 0 aromatic heterocycles. The molecule has 1 rings (SSSR count). The third kappa shape index (κ3) is 1.89. The van der Waals surface area contributed by atoms with E-state index in [2.05, 4.69) is 0 Å². The van der Waals surface area contributed by atoms with Crippen LogP contribution in [0.5, 0.6) is 0 Å². The largest absolute Gasteiger partial charge is 0.497 e. The highest BCUT2D eigenvalue weighted by atomic mass is 16.5. The van der Waals surface area contributed by atoms with Crippen molar-refractivity contribution < 1.29 is 9.84 Å². The molecule has 1 N–H and O–H groups in total. The minimum absolute atomic E-state index is 0.789. The molecule has 0 heterocycles. The molecule has 12 heavy (non-hydrogen) atoms. The molecule has 1 aliphatic carbocycles. The molecule has 0 aromatic carbocycles. The van der Waals surface area contributed by atoms with Crippen LogP contribution in [0.15, 0.2) is 23.5 Å². The van der Waals surface area contributed by atoms with Gasteiger partial charge in [-0.3, -0.25) is 0 Å². The van der Waals surface area contributed by atoms with Crippen LogP contribution in [0, 0.1) is 0 Å². The summed E-state index contributed by atoms with van der Waals surface area (Å²) < 4.78 is 5.16. The Morgan fingerprint density at radius 2 is 1.92 bits per heavy atom. The van der Waals surface area contributed by atoms with Crippen molar-refractivity contribution in [3.8, 4) is 0 Å². The van der Waals surface area contributed by atoms with Gasteiger partial charge in [-0.05, 0) is 32.8 Å². The molecule has 0 saturated heterocycles. The lowest BCUT2D eigenvalue weighted by Crippen LogP contribution is -2.24. The second-order valence-electron chi connectivity index (χ2n) is 3.53. The van der Waals surface area contributed by atoms with Crippen molar-refractivity contribution in [2.24, 2.45) is 0 Å². The molecule has 0 saturated carbocycles. The summed E-state index contributed by atoms with van der Waals surface area (Å²) in [6, 6.07) is 0. The zero-order valence-electron chi connectivity index (χ0n) is 7.92. The van der Waals surface area contributed by atoms with Crippen LogP contribution in [0.4, 0.5) is 0 Å². The summed E-state index contributed by atoms with van der Waals surface area (Å²) in [5, 5.41) is 9.75. The van der Waals surface area contributed by atoms with Gasteiger partial charge in [0, 0.05) is 5.57 Å². The summed E-state index contributed by atoms with van der Waals surface area (Å²) in [4.78, 5) is 0. The number of rotatable bonds is 2. The topological polar surface area (TPSA) is 29.5 Å². The Hall–Kier alpha value is -0.760. The smallest absolute Gasteiger partial charge is 0.120 e. The highest BCUT2D eigenvalue weighted by Crippen LogP contribution is 2.28. The van der Waals surface area contributed by atoms with Gasteiger partial charge in [-0.2, -0.15) is 0 Å². The van der Waals surface area contributed by atoms with Crippen molar-refractivity contribution in [1.82, 2.24) is 0 Å². The number of aliphatic hydroxyl groups is 1. The van der Waals surface area contributed by atoms with Crippen molar-refractivity contribution in [2.45, 2.75) is 32.3 Å². The fourth-order valence-electron chi connectivity index (χ4n) is 1.40. The molecule has 2 nitrogen and oxygen atoms in total. The first-order chi connectivity index (χ1) is 5.55. The predicted molar refractivity (Wildman–Crippen MR) is 48.7 cm³/mol. The summed E-state index contributed by atoms with van der Waals surface area (Å²) in [5.74, 6) is 0.814. The molecule has 1 aliphatic rings. The molecule has 0 fully saturated rings. The molecule has 0 spiro atoms. The van der Waals surface area contributed by atoms with E-state index in [-0.39, 0.29) is 0 Å². The van der Waals surface area contributed by atoms with Crippen LogP contribution in [-0.2, 0) is 4.74 Å². The summed E-state index contributed by atoms with van der Waals surface area (Å²) in [6.07, 6.45) is 6.06. The minimum Gasteiger partial charge on any atom is -0.497 e. The number of methoxy groups -OCH3 is 1. The predicted octanol–water partition coefficient (Wildman–Crippen LogP) is 2.01. The third-order valence-corrected chi connectivity index (χ3v) is 1.99. The van der Waals surface area contributed by atoms with Gasteiger partial charge < -0.3 is 9.84 Å². The Kier molecular flexibility index (Phi) is 2.58. The molecular formula is C10H16O2. The molecule has 0 aliphatic heterocycles. The Balaban J connectivity index is 2.88. The van der Waals surface area contributed by atoms with Crippen LogP contribution in [-0.4, -0.2) is 17.8 Å². The number of allylic oxidation sites excluding steroid dienone is 2. The highest BCUT2D eigenvalue weighted by Gasteiger charge is 2.24. The molecule has 68 valence electrons. The molecule has 0 radical (unpaired) electrons. The molecule has 0 atom stereocenters. The minimum atomic E-state index is -0.789. The summed E-state index contributed by atoms with van der Waals surface area (Å²) in [7, 11) is 1.64. The van der Waals surface area contributed by atoms with Gasteiger partial charge in [-0.15, -0.1) is 0 Å². The van der Waals surface area contributed by atoms with E-state index in [1.54, 1.807) is 21.0 Å². The van der Waals surface area contributed by atoms with E-state index < -0.39 is 5.60 Å². The average Bonchev–Trinajstić information content (AvgIpc) is 2.03. The van der Waals surface area contributed by atoms with E-state index in [0.29, 0.717) is 0 Å². The number of ether oxygens (including phenoxy) is 1. The van der Waals surface area contributed by atoms with Crippen LogP contribution in [0.3, 0.4) is 0 Å². The first kappa shape index (κ1) is 9.33. The van der Waals surface area contributed by atoms with Gasteiger partial charge in [0.2, 0.25) is 0 Å². The summed E-state index contributed by atoms with van der Waals surface area (Å²) in [5.41, 5.74) is 0.110. The maximum Gasteiger partial charge on any atom is 0.120 e. The van der Waals surface area contributed by atoms with E-state index in [1.165, 1.54) is 0 Å². The van der Waals surface area contributed by atoms with Crippen LogP contribution in [0.25, 0.3) is 0 Å². The molecule has 0 amide bonds. The second kappa shape index (κ2) is 3.31. The van der Waals surface area contributed by atoms with Gasteiger partial charge in [0.1, 0.15) is 5.76 Å². The number of hydrogen-bond acceptors (Lipinski definition) is 2. The maximum absolute atomic E-state index is 9.75. The van der Waals surface area contributed by atoms with Gasteiger partial charge in [0.05, 0.1) is 12.7 Å². The van der Waals surface area contributed by atoms with Gasteiger partial charge in [-0.25, -0.2) is 0 Å². The normalized spacial score (nSPS) is 18.3. The van der Waals surface area contributed by atoms with Crippen LogP contribution >= 0.6 is 0 Å². The molecule has 0 bridgehead atoms. The highest BCUT2D eigenvalue weighted by molar-refractivity contribution is 5.35. The van der Waals surface area contributed by atoms with Gasteiger partial charge >= 0.3 is 0 Å². The van der Waals surface area contributed by atoms with E-state index in [4.69, 9.17) is 4.74 Å². The number of hydrogen-bond donors (Lipinski definition) is 1. The van der Waals surface area contributed by atoms with Crippen LogP contribution in [0.2, 0.25) is 0 Å². The summed E-state index contributed by atoms with van der Waals surface area (Å²) in [6.45, 7) is 3.55. The fraction of sp³-hybridized carbons (Fsp3) is 0.600. The SMILES string of the molecule is COC1=CCCC=C1C(C)(C)O. The first-order valence-corrected chi connectivity index (χ1v) is 4.23. The van der Waals surface area contributed by atoms with Crippen molar-refractivity contribution in [3.05, 3.63) is 23.5 Å². The lowest BCUT2D eigenvalue weighted by molar-refractivity contribution is 0.110. The quantitative estimate of drug-likeness (QED) is 0.683. The first-order valence-electron chi connectivity index (χ1n) is 4.23. The molecule has 2 heteroatoms. The zero-order chi connectivity index (χ0) is 9.19. The zero-order valence-corrected chi connectivity index (χ0v) is 7.92. The Morgan fingerprint density at radius 1 is 1.33 bits per heavy atom. The maximum atomic E-state index is 9.75. The van der Waals surface area contributed by atoms with Crippen LogP contribution < -0.4 is 0 Å². The van der Waals surface area contributed by atoms with Gasteiger partial charge in [-0.1, -0.05) is 6.08 Å². The van der Waals surface area contributed by atoms with E-state index in [1.807, 2.05) is 12.2 Å². The van der Waals surface area contributed by atoms with Crippen molar-refractivity contribution in [2.75, 3.05) is 7.11 Å². The average molecular weight is 168 g/mol. The molecular weight excluding hydrogens is 152 g/mol. The molecule has 0 unspecified atom stereocenters. The Bertz CT molecular complexity index is 218. The van der Waals surface area contributed by atoms with Crippen molar-refractivity contribution in [1.29, 1.82) is 0 Å². The van der Waals surface area contributed by atoms with E-state index in [9.17, 15) is 5.11 Å². The lowest BCUT2D eigenvalue weighted by Gasteiger charge is -2.25. The van der Waals surface area contributed by atoms with E-state index in [0.717, 1.165) is 24.2 Å². The standard InChI is InChI=1S/C10H16O2/c1-10(2,11)8-6-4-5-7-9(8)12-3/h6-7,11H,4-5H2,1-3H3. The third-order valence-electron chi connectivity index (χ3n) is 1.99. The Morgan fingerprint density at radius 3 is 2.33 bits per heavy atom. The lowest BCUT2D eigenvalue weighted by atomic mass is 9.91. The van der Waals surface area contributed by atoms with Crippen LogP contribution in [0.1, 0.15) is 26.7 Å². The van der Waals surface area contributed by atoms with Gasteiger partial charge in [0.25, 0.3) is 0 Å². The summed E-state index contributed by atoms with van der Waals surface area (Å²) >= 11 is 0. The van der Waals surface area contributed by atoms with Gasteiger partial charge in [0.15, 0.2) is 0 Å². The monoisotopic (exact) mass is 168 g/mol.